The molecule has 0 unspecified atom stereocenters. The van der Waals surface area contributed by atoms with Crippen molar-refractivity contribution in [2.75, 3.05) is 4.90 Å². The molecule has 0 radical (unpaired) electrons. The highest BCUT2D eigenvalue weighted by atomic mass is 35.5. The fraction of sp³-hybridized carbons (Fsp3) is 0.158. The van der Waals surface area contributed by atoms with Gasteiger partial charge >= 0.3 is 6.03 Å². The van der Waals surface area contributed by atoms with Crippen LogP contribution in [-0.2, 0) is 4.79 Å². The molecule has 1 aliphatic rings. The average Bonchev–Trinajstić information content (AvgIpc) is 2.83. The number of hydrogen-bond donors (Lipinski definition) is 1. The molecule has 0 bridgehead atoms. The minimum atomic E-state index is -0.502. The summed E-state index contributed by atoms with van der Waals surface area (Å²) in [6, 6.07) is 13.4. The van der Waals surface area contributed by atoms with Crippen LogP contribution in [0.2, 0.25) is 5.02 Å². The first-order valence-electron chi connectivity index (χ1n) is 7.83. The van der Waals surface area contributed by atoms with E-state index in [1.807, 2.05) is 38.1 Å². The highest BCUT2D eigenvalue weighted by molar-refractivity contribution is 6.32. The molecule has 2 aromatic rings. The Morgan fingerprint density at radius 3 is 2.48 bits per heavy atom. The van der Waals surface area contributed by atoms with Crippen LogP contribution in [0.1, 0.15) is 19.4 Å². The Labute approximate surface area is 150 Å². The van der Waals surface area contributed by atoms with Gasteiger partial charge in [0, 0.05) is 5.02 Å². The Bertz CT molecular complexity index is 844. The molecule has 3 amide bonds. The average molecular weight is 357 g/mol. The number of benzene rings is 2. The van der Waals surface area contributed by atoms with Crippen molar-refractivity contribution in [2.45, 2.75) is 20.0 Å². The van der Waals surface area contributed by atoms with Gasteiger partial charge in [0.15, 0.2) is 0 Å². The van der Waals surface area contributed by atoms with Crippen LogP contribution in [0.3, 0.4) is 0 Å². The number of imide groups is 1. The van der Waals surface area contributed by atoms with Gasteiger partial charge in [0.2, 0.25) is 0 Å². The van der Waals surface area contributed by atoms with Crippen molar-refractivity contribution >= 4 is 35.3 Å². The number of urea groups is 1. The van der Waals surface area contributed by atoms with Crippen molar-refractivity contribution in [3.8, 4) is 5.75 Å². The lowest BCUT2D eigenvalue weighted by atomic mass is 10.2. The Morgan fingerprint density at radius 1 is 1.12 bits per heavy atom. The largest absolute Gasteiger partial charge is 0.491 e. The molecule has 0 aliphatic carbocycles. The molecule has 0 atom stereocenters. The molecule has 128 valence electrons. The molecule has 0 saturated carbocycles. The third-order valence-electron chi connectivity index (χ3n) is 3.51. The van der Waals surface area contributed by atoms with Crippen LogP contribution < -0.4 is 15.0 Å². The zero-order valence-electron chi connectivity index (χ0n) is 13.8. The molecule has 0 spiro atoms. The third-order valence-corrected chi connectivity index (χ3v) is 3.74. The maximum absolute atomic E-state index is 12.6. The monoisotopic (exact) mass is 356 g/mol. The molecule has 25 heavy (non-hydrogen) atoms. The first-order valence-corrected chi connectivity index (χ1v) is 8.21. The van der Waals surface area contributed by atoms with Gasteiger partial charge in [-0.15, -0.1) is 0 Å². The minimum Gasteiger partial charge on any atom is -0.491 e. The van der Waals surface area contributed by atoms with Gasteiger partial charge in [-0.3, -0.25) is 4.79 Å². The van der Waals surface area contributed by atoms with Crippen molar-refractivity contribution in [1.29, 1.82) is 0 Å². The Balaban J connectivity index is 1.83. The van der Waals surface area contributed by atoms with Gasteiger partial charge in [0.25, 0.3) is 5.91 Å². The maximum atomic E-state index is 12.6. The number of carbonyl (C=O) groups is 2. The van der Waals surface area contributed by atoms with Gasteiger partial charge in [-0.2, -0.15) is 0 Å². The van der Waals surface area contributed by atoms with E-state index in [9.17, 15) is 9.59 Å². The van der Waals surface area contributed by atoms with Gasteiger partial charge in [-0.25, -0.2) is 9.69 Å². The number of ether oxygens (including phenoxy) is 1. The molecule has 0 aromatic heterocycles. The van der Waals surface area contributed by atoms with Gasteiger partial charge in [0.05, 0.1) is 11.8 Å². The smallest absolute Gasteiger partial charge is 0.333 e. The van der Waals surface area contributed by atoms with Gasteiger partial charge in [-0.1, -0.05) is 29.8 Å². The first-order chi connectivity index (χ1) is 11.9. The quantitative estimate of drug-likeness (QED) is 0.659. The number of halogens is 1. The topological polar surface area (TPSA) is 58.6 Å². The second-order valence-corrected chi connectivity index (χ2v) is 6.28. The lowest BCUT2D eigenvalue weighted by molar-refractivity contribution is -0.113. The number of nitrogens with zero attached hydrogens (tertiary/aromatic N) is 1. The summed E-state index contributed by atoms with van der Waals surface area (Å²) in [7, 11) is 0. The van der Waals surface area contributed by atoms with E-state index in [-0.39, 0.29) is 11.8 Å². The highest BCUT2D eigenvalue weighted by Gasteiger charge is 2.34. The lowest BCUT2D eigenvalue weighted by Crippen LogP contribution is -2.30. The SMILES string of the molecule is CC(C)Oc1ccc(C=C2NC(=O)N(c3cccc(Cl)c3)C2=O)cc1. The number of carbonyl (C=O) groups excluding carboxylic acids is 2. The van der Waals surface area contributed by atoms with Crippen LogP contribution in [0.4, 0.5) is 10.5 Å². The van der Waals surface area contributed by atoms with Gasteiger partial charge < -0.3 is 10.1 Å². The Hall–Kier alpha value is -2.79. The summed E-state index contributed by atoms with van der Waals surface area (Å²) in [5, 5.41) is 3.05. The number of amides is 3. The molecule has 2 aromatic carbocycles. The zero-order chi connectivity index (χ0) is 18.0. The molecule has 6 heteroatoms. The van der Waals surface area contributed by atoms with E-state index in [0.717, 1.165) is 16.2 Å². The van der Waals surface area contributed by atoms with Gasteiger partial charge in [-0.05, 0) is 55.8 Å². The molecule has 1 saturated heterocycles. The van der Waals surface area contributed by atoms with E-state index in [1.54, 1.807) is 30.3 Å². The third kappa shape index (κ3) is 3.83. The van der Waals surface area contributed by atoms with E-state index in [4.69, 9.17) is 16.3 Å². The fourth-order valence-corrected chi connectivity index (χ4v) is 2.65. The van der Waals surface area contributed by atoms with Crippen molar-refractivity contribution in [3.05, 3.63) is 64.8 Å². The van der Waals surface area contributed by atoms with Crippen molar-refractivity contribution in [3.63, 3.8) is 0 Å². The van der Waals surface area contributed by atoms with Gasteiger partial charge in [0.1, 0.15) is 11.4 Å². The predicted octanol–water partition coefficient (Wildman–Crippen LogP) is 4.22. The summed E-state index contributed by atoms with van der Waals surface area (Å²) in [6.45, 7) is 3.90. The molecule has 1 heterocycles. The zero-order valence-corrected chi connectivity index (χ0v) is 14.6. The molecular weight excluding hydrogens is 340 g/mol. The lowest BCUT2D eigenvalue weighted by Gasteiger charge is -2.11. The molecule has 1 N–H and O–H groups in total. The summed E-state index contributed by atoms with van der Waals surface area (Å²) in [4.78, 5) is 25.8. The van der Waals surface area contributed by atoms with E-state index in [1.165, 1.54) is 0 Å². The summed E-state index contributed by atoms with van der Waals surface area (Å²) in [6.07, 6.45) is 1.72. The van der Waals surface area contributed by atoms with E-state index in [0.29, 0.717) is 10.7 Å². The van der Waals surface area contributed by atoms with E-state index < -0.39 is 11.9 Å². The Kier molecular flexibility index (Phi) is 4.76. The second kappa shape index (κ2) is 6.99. The van der Waals surface area contributed by atoms with Crippen LogP contribution in [0.5, 0.6) is 5.75 Å². The second-order valence-electron chi connectivity index (χ2n) is 5.84. The number of rotatable bonds is 4. The number of anilines is 1. The number of hydrogen-bond acceptors (Lipinski definition) is 3. The van der Waals surface area contributed by atoms with Crippen LogP contribution >= 0.6 is 11.6 Å². The molecule has 5 nitrogen and oxygen atoms in total. The van der Waals surface area contributed by atoms with Crippen LogP contribution in [0.15, 0.2) is 54.2 Å². The first kappa shape index (κ1) is 17.0. The summed E-state index contributed by atoms with van der Waals surface area (Å²) >= 11 is 5.94. The van der Waals surface area contributed by atoms with Crippen molar-refractivity contribution in [1.82, 2.24) is 5.32 Å². The van der Waals surface area contributed by atoms with Crippen molar-refractivity contribution < 1.29 is 14.3 Å². The normalized spacial score (nSPS) is 15.8. The standard InChI is InChI=1S/C19H17ClN2O3/c1-12(2)25-16-8-6-13(7-9-16)10-17-18(23)22(19(24)21-17)15-5-3-4-14(20)11-15/h3-12H,1-2H3,(H,21,24). The van der Waals surface area contributed by atoms with Crippen molar-refractivity contribution in [2.24, 2.45) is 0 Å². The summed E-state index contributed by atoms with van der Waals surface area (Å²) in [5.74, 6) is 0.328. The molecular formula is C19H17ClN2O3. The molecule has 1 fully saturated rings. The summed E-state index contributed by atoms with van der Waals surface area (Å²) < 4.78 is 5.59. The van der Waals surface area contributed by atoms with E-state index >= 15 is 0 Å². The fourth-order valence-electron chi connectivity index (χ4n) is 2.47. The van der Waals surface area contributed by atoms with Crippen LogP contribution in [0.25, 0.3) is 6.08 Å². The predicted molar refractivity (Wildman–Crippen MR) is 97.7 cm³/mol. The van der Waals surface area contributed by atoms with Crippen LogP contribution in [0, 0.1) is 0 Å². The molecule has 1 aliphatic heterocycles. The molecule has 3 rings (SSSR count). The van der Waals surface area contributed by atoms with E-state index in [2.05, 4.69) is 5.32 Å². The van der Waals surface area contributed by atoms with Crippen LogP contribution in [-0.4, -0.2) is 18.0 Å². The number of nitrogens with one attached hydrogen (secondary N) is 1. The minimum absolute atomic E-state index is 0.0890. The Morgan fingerprint density at radius 2 is 1.84 bits per heavy atom. The summed E-state index contributed by atoms with van der Waals surface area (Å²) in [5.41, 5.74) is 1.43. The maximum Gasteiger partial charge on any atom is 0.333 e. The highest BCUT2D eigenvalue weighted by Crippen LogP contribution is 2.25.